The van der Waals surface area contributed by atoms with E-state index >= 15 is 0 Å². The lowest BCUT2D eigenvalue weighted by Crippen LogP contribution is -2.56. The van der Waals surface area contributed by atoms with Crippen LogP contribution in [0.4, 0.5) is 0 Å². The predicted octanol–water partition coefficient (Wildman–Crippen LogP) is 0.0803. The Kier molecular flexibility index (Phi) is 5.60. The molecule has 2 N–H and O–H groups in total. The van der Waals surface area contributed by atoms with Crippen LogP contribution in [0.2, 0.25) is 0 Å². The second kappa shape index (κ2) is 7.44. The molecule has 2 amide bonds. The van der Waals surface area contributed by atoms with Crippen molar-refractivity contribution in [2.24, 2.45) is 10.9 Å². The average molecular weight is 296 g/mol. The molecule has 0 atom stereocenters. The molecule has 0 bridgehead atoms. The van der Waals surface area contributed by atoms with Gasteiger partial charge >= 0.3 is 0 Å². The molecule has 20 heavy (non-hydrogen) atoms. The highest BCUT2D eigenvalue weighted by Crippen LogP contribution is 2.08. The normalized spacial score (nSPS) is 22.1. The molecule has 7 heteroatoms. The summed E-state index contributed by atoms with van der Waals surface area (Å²) in [4.78, 5) is 29.8. The molecule has 2 saturated heterocycles. The fraction of sp³-hybridized carbons (Fsp3) is 0.692. The molecule has 0 aromatic carbocycles. The van der Waals surface area contributed by atoms with E-state index in [1.54, 1.807) is 0 Å². The molecular weight excluding hydrogens is 276 g/mol. The van der Waals surface area contributed by atoms with Crippen molar-refractivity contribution in [1.82, 2.24) is 15.5 Å². The summed E-state index contributed by atoms with van der Waals surface area (Å²) in [5.74, 6) is -1.67. The molecular formula is C13H20N4O2S. The third-order valence-electron chi connectivity index (χ3n) is 3.50. The molecule has 2 heterocycles. The number of amides is 2. The molecule has 0 aromatic heterocycles. The van der Waals surface area contributed by atoms with Crippen molar-refractivity contribution in [3.05, 3.63) is 0 Å². The van der Waals surface area contributed by atoms with Crippen LogP contribution in [0, 0.1) is 5.92 Å². The van der Waals surface area contributed by atoms with Gasteiger partial charge in [0, 0.05) is 12.8 Å². The van der Waals surface area contributed by atoms with E-state index in [0.717, 1.165) is 13.0 Å². The summed E-state index contributed by atoms with van der Waals surface area (Å²) in [6.07, 6.45) is 6.27. The molecule has 2 rings (SSSR count). The third kappa shape index (κ3) is 4.35. The number of carbonyl (C=O) groups excluding carboxylic acids is 2. The maximum atomic E-state index is 11.6. The first-order chi connectivity index (χ1) is 9.66. The number of nitrogens with zero attached hydrogens (tertiary/aromatic N) is 2. The Bertz CT molecular complexity index is 399. The molecule has 2 aliphatic heterocycles. The van der Waals surface area contributed by atoms with Crippen LogP contribution < -0.4 is 10.6 Å². The van der Waals surface area contributed by atoms with E-state index in [9.17, 15) is 9.59 Å². The summed E-state index contributed by atoms with van der Waals surface area (Å²) in [5, 5.41) is 4.89. The Labute approximate surface area is 124 Å². The number of rotatable bonds is 5. The molecule has 2 fully saturated rings. The summed E-state index contributed by atoms with van der Waals surface area (Å²) in [6.45, 7) is 4.02. The lowest BCUT2D eigenvalue weighted by molar-refractivity contribution is -0.131. The molecule has 0 spiro atoms. The molecule has 0 radical (unpaired) electrons. The minimum Gasteiger partial charge on any atom is -0.303 e. The average Bonchev–Trinajstić information content (AvgIpc) is 2.42. The highest BCUT2D eigenvalue weighted by Gasteiger charge is 2.30. The summed E-state index contributed by atoms with van der Waals surface area (Å²) < 4.78 is 0. The van der Waals surface area contributed by atoms with E-state index in [2.05, 4.69) is 20.5 Å². The summed E-state index contributed by atoms with van der Waals surface area (Å²) in [6, 6.07) is 0. The van der Waals surface area contributed by atoms with E-state index in [-0.39, 0.29) is 5.11 Å². The molecule has 0 aromatic rings. The first kappa shape index (κ1) is 15.1. The number of hydrogen-bond acceptors (Lipinski definition) is 5. The fourth-order valence-corrected chi connectivity index (χ4v) is 2.61. The molecule has 0 saturated carbocycles. The Hall–Kier alpha value is -1.34. The molecule has 0 aliphatic carbocycles. The molecule has 110 valence electrons. The Balaban J connectivity index is 1.68. The zero-order chi connectivity index (χ0) is 14.4. The van der Waals surface area contributed by atoms with E-state index in [1.807, 2.05) is 0 Å². The summed E-state index contributed by atoms with van der Waals surface area (Å²) in [7, 11) is 0. The standard InChI is InChI=1S/C13H20N4O2S/c18-11-10(12(19)16-13(20)15-11)9-14-5-4-8-17-6-2-1-3-7-17/h9-10H,1-8H2,(H2,15,16,18,19,20). The van der Waals surface area contributed by atoms with Crippen LogP contribution in [0.5, 0.6) is 0 Å². The highest BCUT2D eigenvalue weighted by atomic mass is 32.1. The van der Waals surface area contributed by atoms with Gasteiger partial charge in [-0.25, -0.2) is 0 Å². The first-order valence-corrected chi connectivity index (χ1v) is 7.45. The van der Waals surface area contributed by atoms with Gasteiger partial charge in [-0.05, 0) is 51.1 Å². The van der Waals surface area contributed by atoms with Crippen molar-refractivity contribution in [2.75, 3.05) is 26.2 Å². The second-order valence-corrected chi connectivity index (χ2v) is 5.50. The zero-order valence-corrected chi connectivity index (χ0v) is 12.2. The minimum absolute atomic E-state index is 0.0646. The monoisotopic (exact) mass is 296 g/mol. The van der Waals surface area contributed by atoms with Crippen LogP contribution in [0.25, 0.3) is 0 Å². The van der Waals surface area contributed by atoms with Crippen molar-refractivity contribution in [3.8, 4) is 0 Å². The Morgan fingerprint density at radius 2 is 1.85 bits per heavy atom. The van der Waals surface area contributed by atoms with Gasteiger partial charge in [0.05, 0.1) is 0 Å². The van der Waals surface area contributed by atoms with E-state index in [4.69, 9.17) is 12.2 Å². The van der Waals surface area contributed by atoms with Gasteiger partial charge in [-0.3, -0.25) is 14.6 Å². The van der Waals surface area contributed by atoms with Gasteiger partial charge in [0.15, 0.2) is 11.0 Å². The Morgan fingerprint density at radius 1 is 1.20 bits per heavy atom. The van der Waals surface area contributed by atoms with Crippen LogP contribution in [0.3, 0.4) is 0 Å². The number of aliphatic imine (C=N–C) groups is 1. The van der Waals surface area contributed by atoms with Crippen LogP contribution >= 0.6 is 12.2 Å². The van der Waals surface area contributed by atoms with Crippen LogP contribution in [-0.4, -0.2) is 54.2 Å². The number of nitrogens with one attached hydrogen (secondary N) is 2. The van der Waals surface area contributed by atoms with E-state index in [1.165, 1.54) is 38.6 Å². The van der Waals surface area contributed by atoms with Crippen molar-refractivity contribution in [2.45, 2.75) is 25.7 Å². The number of likely N-dealkylation sites (tertiary alicyclic amines) is 1. The lowest BCUT2D eigenvalue weighted by Gasteiger charge is -2.25. The highest BCUT2D eigenvalue weighted by molar-refractivity contribution is 7.80. The lowest BCUT2D eigenvalue weighted by atomic mass is 10.1. The van der Waals surface area contributed by atoms with Crippen LogP contribution in [0.15, 0.2) is 4.99 Å². The number of thiocarbonyl (C=S) groups is 1. The van der Waals surface area contributed by atoms with Gasteiger partial charge in [0.25, 0.3) is 0 Å². The number of carbonyl (C=O) groups is 2. The Morgan fingerprint density at radius 3 is 2.50 bits per heavy atom. The largest absolute Gasteiger partial charge is 0.303 e. The SMILES string of the molecule is O=C1NC(=S)NC(=O)C1C=NCCCN1CCCCC1. The number of piperidine rings is 1. The third-order valence-corrected chi connectivity index (χ3v) is 3.71. The second-order valence-electron chi connectivity index (χ2n) is 5.10. The molecule has 0 unspecified atom stereocenters. The van der Waals surface area contributed by atoms with E-state index in [0.29, 0.717) is 6.54 Å². The smallest absolute Gasteiger partial charge is 0.244 e. The van der Waals surface area contributed by atoms with Crippen molar-refractivity contribution >= 4 is 35.4 Å². The van der Waals surface area contributed by atoms with Gasteiger partial charge in [-0.2, -0.15) is 0 Å². The maximum Gasteiger partial charge on any atom is 0.244 e. The van der Waals surface area contributed by atoms with Crippen molar-refractivity contribution < 1.29 is 9.59 Å². The van der Waals surface area contributed by atoms with E-state index < -0.39 is 17.7 Å². The summed E-state index contributed by atoms with van der Waals surface area (Å²) >= 11 is 4.73. The van der Waals surface area contributed by atoms with Crippen LogP contribution in [-0.2, 0) is 9.59 Å². The fourth-order valence-electron chi connectivity index (χ4n) is 2.41. The van der Waals surface area contributed by atoms with Gasteiger partial charge in [0.1, 0.15) is 0 Å². The summed E-state index contributed by atoms with van der Waals surface area (Å²) in [5.41, 5.74) is 0. The van der Waals surface area contributed by atoms with Crippen LogP contribution in [0.1, 0.15) is 25.7 Å². The zero-order valence-electron chi connectivity index (χ0n) is 11.4. The van der Waals surface area contributed by atoms with Gasteiger partial charge < -0.3 is 15.5 Å². The van der Waals surface area contributed by atoms with Crippen molar-refractivity contribution in [3.63, 3.8) is 0 Å². The van der Waals surface area contributed by atoms with Gasteiger partial charge in [0.2, 0.25) is 11.8 Å². The molecule has 6 nitrogen and oxygen atoms in total. The first-order valence-electron chi connectivity index (χ1n) is 7.05. The predicted molar refractivity (Wildman–Crippen MR) is 80.6 cm³/mol. The molecule has 2 aliphatic rings. The topological polar surface area (TPSA) is 73.8 Å². The quantitative estimate of drug-likeness (QED) is 0.326. The maximum absolute atomic E-state index is 11.6. The van der Waals surface area contributed by atoms with Crippen molar-refractivity contribution in [1.29, 1.82) is 0 Å². The van der Waals surface area contributed by atoms with Gasteiger partial charge in [-0.15, -0.1) is 0 Å². The minimum atomic E-state index is -0.864. The number of hydrogen-bond donors (Lipinski definition) is 2. The van der Waals surface area contributed by atoms with Gasteiger partial charge in [-0.1, -0.05) is 6.42 Å².